The van der Waals surface area contributed by atoms with E-state index in [1.165, 1.54) is 11.1 Å². The number of carbonyl (C=O) groups is 1. The van der Waals surface area contributed by atoms with Gasteiger partial charge in [0.05, 0.1) is 30.3 Å². The molecule has 30 heavy (non-hydrogen) atoms. The fourth-order valence-corrected chi connectivity index (χ4v) is 5.01. The number of fused-ring (bicyclic) bond motifs is 4. The van der Waals surface area contributed by atoms with Crippen LogP contribution >= 0.6 is 0 Å². The maximum absolute atomic E-state index is 12.6. The number of nitrogens with zero attached hydrogens (tertiary/aromatic N) is 2. The van der Waals surface area contributed by atoms with Crippen LogP contribution in [-0.2, 0) is 11.2 Å². The van der Waals surface area contributed by atoms with Crippen molar-refractivity contribution in [3.05, 3.63) is 65.7 Å². The first-order valence-electron chi connectivity index (χ1n) is 10.7. The Morgan fingerprint density at radius 2 is 2.07 bits per heavy atom. The zero-order valence-electron chi connectivity index (χ0n) is 16.7. The highest BCUT2D eigenvalue weighted by Gasteiger charge is 2.41. The van der Waals surface area contributed by atoms with Crippen LogP contribution in [0.15, 0.2) is 54.6 Å². The number of anilines is 2. The Hall–Kier alpha value is -3.12. The SMILES string of the molecule is O=C(Nc1ccc2nc(N[C@@H]3CCc4ccccc43)ccc2c1)N1C[C@@H]2C[C@@H]1CO2. The van der Waals surface area contributed by atoms with E-state index in [4.69, 9.17) is 9.72 Å². The molecule has 2 amide bonds. The van der Waals surface area contributed by atoms with E-state index in [0.29, 0.717) is 19.2 Å². The van der Waals surface area contributed by atoms with E-state index in [2.05, 4.69) is 41.0 Å². The Balaban J connectivity index is 1.17. The van der Waals surface area contributed by atoms with Gasteiger partial charge < -0.3 is 20.3 Å². The van der Waals surface area contributed by atoms with Crippen LogP contribution in [0.2, 0.25) is 0 Å². The minimum Gasteiger partial charge on any atom is -0.374 e. The molecule has 152 valence electrons. The molecule has 3 aromatic rings. The van der Waals surface area contributed by atoms with Gasteiger partial charge in [-0.25, -0.2) is 9.78 Å². The van der Waals surface area contributed by atoms with Crippen molar-refractivity contribution in [2.75, 3.05) is 23.8 Å². The highest BCUT2D eigenvalue weighted by molar-refractivity contribution is 5.93. The summed E-state index contributed by atoms with van der Waals surface area (Å²) in [5, 5.41) is 7.63. The topological polar surface area (TPSA) is 66.5 Å². The fraction of sp³-hybridized carbons (Fsp3) is 0.333. The monoisotopic (exact) mass is 400 g/mol. The van der Waals surface area contributed by atoms with Crippen LogP contribution < -0.4 is 10.6 Å². The van der Waals surface area contributed by atoms with Gasteiger partial charge in [0.25, 0.3) is 0 Å². The van der Waals surface area contributed by atoms with Crippen molar-refractivity contribution in [3.8, 4) is 0 Å². The van der Waals surface area contributed by atoms with Crippen molar-refractivity contribution < 1.29 is 9.53 Å². The van der Waals surface area contributed by atoms with Crippen molar-refractivity contribution >= 4 is 28.4 Å². The van der Waals surface area contributed by atoms with Crippen LogP contribution in [-0.4, -0.2) is 41.2 Å². The van der Waals surface area contributed by atoms with Gasteiger partial charge in [0, 0.05) is 17.6 Å². The molecule has 2 saturated heterocycles. The highest BCUT2D eigenvalue weighted by Crippen LogP contribution is 2.34. The third-order valence-electron chi connectivity index (χ3n) is 6.56. The number of morpholine rings is 1. The molecule has 6 heteroatoms. The Morgan fingerprint density at radius 3 is 2.93 bits per heavy atom. The van der Waals surface area contributed by atoms with Crippen molar-refractivity contribution in [1.82, 2.24) is 9.88 Å². The van der Waals surface area contributed by atoms with Crippen LogP contribution in [0.4, 0.5) is 16.3 Å². The Kier molecular flexibility index (Phi) is 4.13. The molecule has 2 aromatic carbocycles. The lowest BCUT2D eigenvalue weighted by molar-refractivity contribution is 0.0473. The van der Waals surface area contributed by atoms with E-state index < -0.39 is 0 Å². The number of ether oxygens (including phenoxy) is 1. The first-order chi connectivity index (χ1) is 14.7. The van der Waals surface area contributed by atoms with Crippen LogP contribution in [0, 0.1) is 0 Å². The van der Waals surface area contributed by atoms with E-state index in [1.807, 2.05) is 29.2 Å². The number of likely N-dealkylation sites (tertiary alicyclic amines) is 1. The summed E-state index contributed by atoms with van der Waals surface area (Å²) in [6, 6.07) is 19.1. The molecule has 6 nitrogen and oxygen atoms in total. The van der Waals surface area contributed by atoms with Crippen LogP contribution in [0.25, 0.3) is 10.9 Å². The summed E-state index contributed by atoms with van der Waals surface area (Å²) in [5.41, 5.74) is 4.51. The second-order valence-electron chi connectivity index (χ2n) is 8.47. The lowest BCUT2D eigenvalue weighted by Gasteiger charge is -2.27. The average Bonchev–Trinajstić information content (AvgIpc) is 3.50. The number of rotatable bonds is 3. The number of hydrogen-bond acceptors (Lipinski definition) is 4. The molecule has 3 aliphatic rings. The smallest absolute Gasteiger partial charge is 0.322 e. The molecule has 1 aromatic heterocycles. The highest BCUT2D eigenvalue weighted by atomic mass is 16.5. The molecule has 0 unspecified atom stereocenters. The first-order valence-corrected chi connectivity index (χ1v) is 10.7. The predicted octanol–water partition coefficient (Wildman–Crippen LogP) is 4.34. The lowest BCUT2D eigenvalue weighted by atomic mass is 10.1. The summed E-state index contributed by atoms with van der Waals surface area (Å²) in [6.07, 6.45) is 3.36. The van der Waals surface area contributed by atoms with Gasteiger partial charge in [0.15, 0.2) is 0 Å². The normalized spacial score (nSPS) is 24.3. The fourth-order valence-electron chi connectivity index (χ4n) is 5.01. The minimum absolute atomic E-state index is 0.0451. The number of aromatic nitrogens is 1. The van der Waals surface area contributed by atoms with Crippen LogP contribution in [0.1, 0.15) is 30.0 Å². The minimum atomic E-state index is -0.0451. The molecule has 2 fully saturated rings. The van der Waals surface area contributed by atoms with E-state index in [-0.39, 0.29) is 18.2 Å². The first kappa shape index (κ1) is 17.7. The lowest BCUT2D eigenvalue weighted by Crippen LogP contribution is -2.43. The van der Waals surface area contributed by atoms with Gasteiger partial charge in [0.1, 0.15) is 5.82 Å². The van der Waals surface area contributed by atoms with Gasteiger partial charge in [-0.2, -0.15) is 0 Å². The second kappa shape index (κ2) is 6.99. The largest absolute Gasteiger partial charge is 0.374 e. The molecule has 2 bridgehead atoms. The third-order valence-corrected chi connectivity index (χ3v) is 6.56. The number of amides is 2. The van der Waals surface area contributed by atoms with Gasteiger partial charge in [0.2, 0.25) is 0 Å². The van der Waals surface area contributed by atoms with Crippen molar-refractivity contribution in [2.45, 2.75) is 37.5 Å². The van der Waals surface area contributed by atoms with Crippen molar-refractivity contribution in [3.63, 3.8) is 0 Å². The third kappa shape index (κ3) is 3.08. The molecule has 3 atom stereocenters. The number of pyridine rings is 1. The van der Waals surface area contributed by atoms with E-state index >= 15 is 0 Å². The van der Waals surface area contributed by atoms with E-state index in [0.717, 1.165) is 41.7 Å². The van der Waals surface area contributed by atoms with Crippen LogP contribution in [0.3, 0.4) is 0 Å². The van der Waals surface area contributed by atoms with Gasteiger partial charge in [-0.05, 0) is 60.7 Å². The molecule has 1 aliphatic carbocycles. The summed E-state index contributed by atoms with van der Waals surface area (Å²) in [6.45, 7) is 1.34. The maximum atomic E-state index is 12.6. The van der Waals surface area contributed by atoms with E-state index in [1.54, 1.807) is 0 Å². The molecule has 2 aliphatic heterocycles. The second-order valence-corrected chi connectivity index (χ2v) is 8.47. The van der Waals surface area contributed by atoms with E-state index in [9.17, 15) is 4.79 Å². The zero-order valence-corrected chi connectivity index (χ0v) is 16.7. The maximum Gasteiger partial charge on any atom is 0.322 e. The Labute approximate surface area is 175 Å². The Morgan fingerprint density at radius 1 is 1.13 bits per heavy atom. The summed E-state index contributed by atoms with van der Waals surface area (Å²) in [4.78, 5) is 19.3. The summed E-state index contributed by atoms with van der Waals surface area (Å²) in [7, 11) is 0. The average molecular weight is 400 g/mol. The summed E-state index contributed by atoms with van der Waals surface area (Å²) in [5.74, 6) is 0.883. The molecule has 0 spiro atoms. The predicted molar refractivity (Wildman–Crippen MR) is 117 cm³/mol. The summed E-state index contributed by atoms with van der Waals surface area (Å²) < 4.78 is 5.58. The van der Waals surface area contributed by atoms with Gasteiger partial charge in [-0.15, -0.1) is 0 Å². The number of aryl methyl sites for hydroxylation is 1. The molecule has 6 rings (SSSR count). The molecule has 0 saturated carbocycles. The molecular formula is C24H24N4O2. The number of carbonyl (C=O) groups excluding carboxylic acids is 1. The number of benzene rings is 2. The molecular weight excluding hydrogens is 376 g/mol. The van der Waals surface area contributed by atoms with Crippen molar-refractivity contribution in [2.24, 2.45) is 0 Å². The number of nitrogens with one attached hydrogen (secondary N) is 2. The van der Waals surface area contributed by atoms with Gasteiger partial charge in [-0.3, -0.25) is 0 Å². The molecule has 2 N–H and O–H groups in total. The van der Waals surface area contributed by atoms with Crippen molar-refractivity contribution in [1.29, 1.82) is 0 Å². The van der Waals surface area contributed by atoms with Gasteiger partial charge in [-0.1, -0.05) is 24.3 Å². The summed E-state index contributed by atoms with van der Waals surface area (Å²) >= 11 is 0. The number of urea groups is 1. The standard InChI is InChI=1S/C24H24N4O2/c29-24(28-13-19-12-18(28)14-30-19)25-17-7-9-21-16(11-17)6-10-23(26-21)27-22-8-5-15-3-1-2-4-20(15)22/h1-4,6-7,9-11,18-19,22H,5,8,12-14H2,(H,25,29)(H,26,27)/t18-,19+,22-/m1/s1. The molecule has 0 radical (unpaired) electrons. The van der Waals surface area contributed by atoms with Gasteiger partial charge >= 0.3 is 6.03 Å². The van der Waals surface area contributed by atoms with Crippen LogP contribution in [0.5, 0.6) is 0 Å². The molecule has 3 heterocycles. The zero-order chi connectivity index (χ0) is 20.1. The quantitative estimate of drug-likeness (QED) is 0.686. The number of hydrogen-bond donors (Lipinski definition) is 2. The Bertz CT molecular complexity index is 1130.